The van der Waals surface area contributed by atoms with Crippen molar-refractivity contribution in [1.29, 1.82) is 0 Å². The maximum atomic E-state index is 11.8. The molecule has 3 N–H and O–H groups in total. The number of carbonyl (C=O) groups is 2. The van der Waals surface area contributed by atoms with Crippen molar-refractivity contribution in [3.63, 3.8) is 0 Å². The number of rotatable bonds is 8. The highest BCUT2D eigenvalue weighted by Gasteiger charge is 2.16. The van der Waals surface area contributed by atoms with Crippen LogP contribution >= 0.6 is 11.3 Å². The molecule has 2 heterocycles. The van der Waals surface area contributed by atoms with Gasteiger partial charge in [0.2, 0.25) is 5.91 Å². The lowest BCUT2D eigenvalue weighted by Gasteiger charge is -2.09. The van der Waals surface area contributed by atoms with Crippen molar-refractivity contribution in [2.45, 2.75) is 26.7 Å². The maximum Gasteiger partial charge on any atom is 0.305 e. The number of aliphatic carboxylic acids is 1. The molecule has 3 rings (SSSR count). The number of hydrogen-bond donors (Lipinski definition) is 3. The predicted molar refractivity (Wildman–Crippen MR) is 111 cm³/mol. The molecule has 0 bridgehead atoms. The Kier molecular flexibility index (Phi) is 6.20. The van der Waals surface area contributed by atoms with E-state index < -0.39 is 5.97 Å². The first-order chi connectivity index (χ1) is 13.5. The summed E-state index contributed by atoms with van der Waals surface area (Å²) in [6.45, 7) is 4.65. The number of thiophene rings is 1. The topological polar surface area (TPSA) is 104 Å². The zero-order valence-electron chi connectivity index (χ0n) is 15.8. The summed E-state index contributed by atoms with van der Waals surface area (Å²) >= 11 is 1.62. The zero-order chi connectivity index (χ0) is 20.1. The van der Waals surface area contributed by atoms with Crippen LogP contribution in [0.15, 0.2) is 30.6 Å². The summed E-state index contributed by atoms with van der Waals surface area (Å²) in [6.07, 6.45) is 1.67. The second-order valence-corrected chi connectivity index (χ2v) is 7.68. The van der Waals surface area contributed by atoms with Gasteiger partial charge in [0.25, 0.3) is 0 Å². The zero-order valence-corrected chi connectivity index (χ0v) is 16.6. The Morgan fingerprint density at radius 3 is 2.54 bits per heavy atom. The number of carboxylic acid groups (broad SMARTS) is 1. The largest absolute Gasteiger partial charge is 0.481 e. The number of anilines is 1. The Hall–Kier alpha value is -3.00. The van der Waals surface area contributed by atoms with Crippen LogP contribution in [-0.2, 0) is 9.59 Å². The monoisotopic (exact) mass is 398 g/mol. The van der Waals surface area contributed by atoms with Gasteiger partial charge in [-0.1, -0.05) is 29.8 Å². The van der Waals surface area contributed by atoms with Crippen LogP contribution < -0.4 is 10.6 Å². The molecule has 28 heavy (non-hydrogen) atoms. The first-order valence-corrected chi connectivity index (χ1v) is 9.81. The lowest BCUT2D eigenvalue weighted by Crippen LogP contribution is -2.27. The summed E-state index contributed by atoms with van der Waals surface area (Å²) in [4.78, 5) is 33.2. The van der Waals surface area contributed by atoms with Crippen LogP contribution in [-0.4, -0.2) is 40.0 Å². The van der Waals surface area contributed by atoms with Crippen LogP contribution in [0.4, 0.5) is 5.82 Å². The normalized spacial score (nSPS) is 10.8. The molecule has 0 aliphatic heterocycles. The van der Waals surface area contributed by atoms with E-state index in [4.69, 9.17) is 5.11 Å². The fraction of sp³-hybridized carbons (Fsp3) is 0.300. The average molecular weight is 398 g/mol. The number of nitrogens with one attached hydrogen (secondary N) is 2. The second-order valence-electron chi connectivity index (χ2n) is 6.47. The van der Waals surface area contributed by atoms with Gasteiger partial charge in [-0.15, -0.1) is 11.3 Å². The highest BCUT2D eigenvalue weighted by atomic mass is 32.1. The molecule has 0 saturated heterocycles. The molecule has 7 nitrogen and oxygen atoms in total. The van der Waals surface area contributed by atoms with Gasteiger partial charge in [-0.05, 0) is 19.4 Å². The lowest BCUT2D eigenvalue weighted by atomic mass is 10.0. The summed E-state index contributed by atoms with van der Waals surface area (Å²) in [5.41, 5.74) is 3.41. The number of fused-ring (bicyclic) bond motifs is 1. The van der Waals surface area contributed by atoms with Gasteiger partial charge in [-0.25, -0.2) is 9.97 Å². The van der Waals surface area contributed by atoms with Crippen molar-refractivity contribution in [2.24, 2.45) is 0 Å². The van der Waals surface area contributed by atoms with E-state index in [-0.39, 0.29) is 25.3 Å². The molecule has 1 amide bonds. The Balaban J connectivity index is 1.76. The number of hydrogen-bond acceptors (Lipinski definition) is 6. The van der Waals surface area contributed by atoms with Gasteiger partial charge in [0.1, 0.15) is 17.0 Å². The summed E-state index contributed by atoms with van der Waals surface area (Å²) in [6, 6.07) is 8.35. The molecule has 146 valence electrons. The molecule has 0 spiro atoms. The molecule has 2 aromatic heterocycles. The van der Waals surface area contributed by atoms with Crippen molar-refractivity contribution in [2.75, 3.05) is 18.4 Å². The number of aromatic nitrogens is 2. The van der Waals surface area contributed by atoms with Crippen LogP contribution in [0.1, 0.15) is 23.3 Å². The Bertz CT molecular complexity index is 999. The lowest BCUT2D eigenvalue weighted by molar-refractivity contribution is -0.136. The summed E-state index contributed by atoms with van der Waals surface area (Å²) in [5, 5.41) is 15.4. The van der Waals surface area contributed by atoms with Crippen LogP contribution in [0.2, 0.25) is 0 Å². The van der Waals surface area contributed by atoms with Gasteiger partial charge in [-0.2, -0.15) is 0 Å². The number of carboxylic acids is 1. The molecule has 3 aromatic rings. The average Bonchev–Trinajstić information content (AvgIpc) is 2.99. The number of aryl methyl sites for hydroxylation is 2. The highest BCUT2D eigenvalue weighted by Crippen LogP contribution is 2.40. The maximum absolute atomic E-state index is 11.8. The van der Waals surface area contributed by atoms with Crippen LogP contribution in [0.5, 0.6) is 0 Å². The van der Waals surface area contributed by atoms with Crippen molar-refractivity contribution in [3.05, 3.63) is 41.0 Å². The summed E-state index contributed by atoms with van der Waals surface area (Å²) in [7, 11) is 0. The number of amides is 1. The SMILES string of the molecule is Cc1ccc(-c2c(C)sc3ncnc(NCCC(=O)NCCC(=O)O)c23)cc1. The Labute approximate surface area is 166 Å². The molecule has 0 fully saturated rings. The van der Waals surface area contributed by atoms with Crippen LogP contribution in [0.3, 0.4) is 0 Å². The van der Waals surface area contributed by atoms with Crippen LogP contribution in [0, 0.1) is 13.8 Å². The second kappa shape index (κ2) is 8.79. The minimum Gasteiger partial charge on any atom is -0.481 e. The van der Waals surface area contributed by atoms with E-state index in [1.54, 1.807) is 11.3 Å². The van der Waals surface area contributed by atoms with Gasteiger partial charge < -0.3 is 15.7 Å². The molecule has 0 saturated carbocycles. The standard InChI is InChI=1S/C20H22N4O3S/c1-12-3-5-14(6-4-12)17-13(2)28-20-18(17)19(23-11-24-20)22-9-7-15(25)21-10-8-16(26)27/h3-6,11H,7-10H2,1-2H3,(H,21,25)(H,26,27)(H,22,23,24). The Morgan fingerprint density at radius 1 is 1.07 bits per heavy atom. The highest BCUT2D eigenvalue weighted by molar-refractivity contribution is 7.19. The fourth-order valence-electron chi connectivity index (χ4n) is 2.94. The van der Waals surface area contributed by atoms with E-state index in [2.05, 4.69) is 58.7 Å². The van der Waals surface area contributed by atoms with Crippen LogP contribution in [0.25, 0.3) is 21.3 Å². The molecule has 8 heteroatoms. The van der Waals surface area contributed by atoms with Crippen molar-refractivity contribution in [1.82, 2.24) is 15.3 Å². The Morgan fingerprint density at radius 2 is 1.82 bits per heavy atom. The van der Waals surface area contributed by atoms with Gasteiger partial charge >= 0.3 is 5.97 Å². The van der Waals surface area contributed by atoms with E-state index in [1.807, 2.05) is 0 Å². The van der Waals surface area contributed by atoms with Gasteiger partial charge in [-0.3, -0.25) is 9.59 Å². The van der Waals surface area contributed by atoms with E-state index in [0.29, 0.717) is 12.4 Å². The van der Waals surface area contributed by atoms with E-state index in [0.717, 1.165) is 26.2 Å². The molecule has 0 unspecified atom stereocenters. The smallest absolute Gasteiger partial charge is 0.305 e. The minimum atomic E-state index is -0.932. The first kappa shape index (κ1) is 19.8. The molecular formula is C20H22N4O3S. The van der Waals surface area contributed by atoms with E-state index >= 15 is 0 Å². The third kappa shape index (κ3) is 4.64. The number of nitrogens with zero attached hydrogens (tertiary/aromatic N) is 2. The van der Waals surface area contributed by atoms with Crippen molar-refractivity contribution >= 4 is 39.2 Å². The van der Waals surface area contributed by atoms with Crippen molar-refractivity contribution in [3.8, 4) is 11.1 Å². The van der Waals surface area contributed by atoms with E-state index in [1.165, 1.54) is 11.9 Å². The van der Waals surface area contributed by atoms with Gasteiger partial charge in [0.05, 0.1) is 11.8 Å². The predicted octanol–water partition coefficient (Wildman–Crippen LogP) is 3.37. The molecule has 0 radical (unpaired) electrons. The first-order valence-electron chi connectivity index (χ1n) is 8.99. The number of carbonyl (C=O) groups excluding carboxylic acids is 1. The summed E-state index contributed by atoms with van der Waals surface area (Å²) < 4.78 is 0. The molecule has 0 aliphatic rings. The molecular weight excluding hydrogens is 376 g/mol. The summed E-state index contributed by atoms with van der Waals surface area (Å²) in [5.74, 6) is -0.430. The molecule has 0 atom stereocenters. The molecule has 1 aromatic carbocycles. The quantitative estimate of drug-likeness (QED) is 0.537. The number of benzene rings is 1. The third-order valence-electron chi connectivity index (χ3n) is 4.31. The van der Waals surface area contributed by atoms with Crippen molar-refractivity contribution < 1.29 is 14.7 Å². The fourth-order valence-corrected chi connectivity index (χ4v) is 3.95. The minimum absolute atomic E-state index is 0.0835. The molecule has 0 aliphatic carbocycles. The third-order valence-corrected chi connectivity index (χ3v) is 5.32. The van der Waals surface area contributed by atoms with Gasteiger partial charge in [0.15, 0.2) is 0 Å². The van der Waals surface area contributed by atoms with Gasteiger partial charge in [0, 0.05) is 30.0 Å². The van der Waals surface area contributed by atoms with E-state index in [9.17, 15) is 9.59 Å².